The van der Waals surface area contributed by atoms with Gasteiger partial charge in [0, 0.05) is 17.5 Å². The fraction of sp³-hybridized carbons (Fsp3) is 0.652. The molecule has 5 fully saturated rings. The lowest BCUT2D eigenvalue weighted by Crippen LogP contribution is -2.68. The first-order valence-electron chi connectivity index (χ1n) is 11.5. The second-order valence-electron chi connectivity index (χ2n) is 10.3. The van der Waals surface area contributed by atoms with Gasteiger partial charge < -0.3 is 15.8 Å². The van der Waals surface area contributed by atoms with Gasteiger partial charge in [0.2, 0.25) is 11.8 Å². The van der Waals surface area contributed by atoms with Crippen LogP contribution >= 0.6 is 0 Å². The molecular formula is C23H30FN3O5S. The van der Waals surface area contributed by atoms with E-state index in [1.165, 1.54) is 19.2 Å². The summed E-state index contributed by atoms with van der Waals surface area (Å²) < 4.78 is 43.0. The number of nitrogens with two attached hydrogens (primary N) is 1. The highest BCUT2D eigenvalue weighted by Gasteiger charge is 2.60. The normalized spacial score (nSPS) is 34.3. The number of halogens is 1. The summed E-state index contributed by atoms with van der Waals surface area (Å²) in [5.41, 5.74) is 4.25. The number of nitrogens with one attached hydrogen (secondary N) is 1. The van der Waals surface area contributed by atoms with Crippen LogP contribution < -0.4 is 20.1 Å². The lowest BCUT2D eigenvalue weighted by molar-refractivity contribution is -0.148. The van der Waals surface area contributed by atoms with Gasteiger partial charge in [-0.3, -0.25) is 18.4 Å². The first-order valence-corrected chi connectivity index (χ1v) is 12.6. The van der Waals surface area contributed by atoms with Crippen molar-refractivity contribution < 1.29 is 27.5 Å². The van der Waals surface area contributed by atoms with Crippen LogP contribution in [0.25, 0.3) is 0 Å². The number of anilines is 1. The van der Waals surface area contributed by atoms with E-state index in [9.17, 15) is 22.7 Å². The molecule has 6 rings (SSSR count). The smallest absolute Gasteiger partial charge is 0.262 e. The second-order valence-corrected chi connectivity index (χ2v) is 11.2. The molecule has 4 N–H and O–H groups in total. The van der Waals surface area contributed by atoms with E-state index in [1.54, 1.807) is 0 Å². The van der Waals surface area contributed by atoms with Crippen LogP contribution in [0, 0.1) is 29.0 Å². The van der Waals surface area contributed by atoms with Gasteiger partial charge in [-0.1, -0.05) is 0 Å². The average Bonchev–Trinajstić information content (AvgIpc) is 2.72. The maximum absolute atomic E-state index is 14.4. The van der Waals surface area contributed by atoms with Crippen LogP contribution in [0.1, 0.15) is 51.4 Å². The monoisotopic (exact) mass is 479 g/mol. The van der Waals surface area contributed by atoms with Crippen molar-refractivity contribution in [1.82, 2.24) is 5.32 Å². The molecule has 180 valence electrons. The highest BCUT2D eigenvalue weighted by molar-refractivity contribution is 7.80. The van der Waals surface area contributed by atoms with Gasteiger partial charge in [0.1, 0.15) is 5.54 Å². The fourth-order valence-corrected chi connectivity index (χ4v) is 8.01. The Morgan fingerprint density at radius 2 is 1.91 bits per heavy atom. The van der Waals surface area contributed by atoms with Crippen molar-refractivity contribution in [2.24, 2.45) is 28.9 Å². The summed E-state index contributed by atoms with van der Waals surface area (Å²) in [7, 11) is 1.34. The number of nitrogens with zero attached hydrogens (tertiary/aromatic N) is 1. The van der Waals surface area contributed by atoms with Gasteiger partial charge in [-0.25, -0.2) is 8.60 Å². The van der Waals surface area contributed by atoms with Crippen LogP contribution in [-0.2, 0) is 20.9 Å². The van der Waals surface area contributed by atoms with E-state index in [1.807, 2.05) is 0 Å². The number of carbonyl (C=O) groups is 2. The van der Waals surface area contributed by atoms with E-state index in [-0.39, 0.29) is 41.1 Å². The number of amides is 2. The summed E-state index contributed by atoms with van der Waals surface area (Å²) in [6.07, 6.45) is 5.67. The molecular weight excluding hydrogens is 449 g/mol. The SMILES string of the molecule is COc1ccc(N(S(=O)O)C2(C(=O)NC3C4CC5CC3CC(C(N)=O)(C5)C4)CCC2)cc1F. The largest absolute Gasteiger partial charge is 0.494 e. The van der Waals surface area contributed by atoms with E-state index in [2.05, 4.69) is 5.32 Å². The Labute approximate surface area is 194 Å². The number of carbonyl (C=O) groups excluding carboxylic acids is 2. The van der Waals surface area contributed by atoms with E-state index in [4.69, 9.17) is 10.5 Å². The van der Waals surface area contributed by atoms with E-state index in [0.29, 0.717) is 31.6 Å². The van der Waals surface area contributed by atoms with Crippen LogP contribution in [-0.4, -0.2) is 39.3 Å². The fourth-order valence-electron chi connectivity index (χ4n) is 7.15. The topological polar surface area (TPSA) is 122 Å². The lowest BCUT2D eigenvalue weighted by atomic mass is 9.47. The molecule has 0 aromatic heterocycles. The maximum atomic E-state index is 14.4. The molecule has 2 amide bonds. The minimum atomic E-state index is -2.53. The van der Waals surface area contributed by atoms with Crippen LogP contribution in [0.4, 0.5) is 10.1 Å². The van der Waals surface area contributed by atoms with Gasteiger partial charge in [0.25, 0.3) is 11.3 Å². The summed E-state index contributed by atoms with van der Waals surface area (Å²) in [6, 6.07) is 3.92. The molecule has 3 atom stereocenters. The van der Waals surface area contributed by atoms with Crippen LogP contribution in [0.3, 0.4) is 0 Å². The Hall–Kier alpha value is -2.20. The second kappa shape index (κ2) is 7.94. The van der Waals surface area contributed by atoms with Crippen molar-refractivity contribution in [2.75, 3.05) is 11.4 Å². The number of hydrogen-bond donors (Lipinski definition) is 3. The molecule has 0 spiro atoms. The van der Waals surface area contributed by atoms with Crippen LogP contribution in [0.5, 0.6) is 5.75 Å². The molecule has 1 aromatic rings. The molecule has 1 aromatic carbocycles. The molecule has 5 aliphatic rings. The van der Waals surface area contributed by atoms with Crippen molar-refractivity contribution in [1.29, 1.82) is 0 Å². The standard InChI is InChI=1S/C23H30FN3O5S/c1-32-18-4-3-16(9-17(18)24)27(33(30)31)23(5-2-6-23)21(29)26-19-14-7-13-8-15(19)12-22(10-13,11-14)20(25)28/h3-4,9,13-15,19H,2,5-8,10-12H2,1H3,(H2,25,28)(H,26,29)(H,30,31). The zero-order valence-electron chi connectivity index (χ0n) is 18.6. The van der Waals surface area contributed by atoms with Gasteiger partial charge in [0.15, 0.2) is 11.6 Å². The summed E-state index contributed by atoms with van der Waals surface area (Å²) in [5.74, 6) is -0.370. The molecule has 5 saturated carbocycles. The van der Waals surface area contributed by atoms with Crippen LogP contribution in [0.15, 0.2) is 18.2 Å². The van der Waals surface area contributed by atoms with Crippen LogP contribution in [0.2, 0.25) is 0 Å². The minimum absolute atomic E-state index is 0.0199. The van der Waals surface area contributed by atoms with Crippen molar-refractivity contribution in [3.63, 3.8) is 0 Å². The Bertz CT molecular complexity index is 1000. The summed E-state index contributed by atoms with van der Waals surface area (Å²) in [5, 5.41) is 3.21. The van der Waals surface area contributed by atoms with Crippen molar-refractivity contribution in [3.8, 4) is 5.75 Å². The first kappa shape index (κ1) is 22.6. The predicted octanol–water partition coefficient (Wildman–Crippen LogP) is 2.50. The molecule has 0 saturated heterocycles. The van der Waals surface area contributed by atoms with Gasteiger partial charge in [-0.2, -0.15) is 0 Å². The Morgan fingerprint density at radius 1 is 1.24 bits per heavy atom. The van der Waals surface area contributed by atoms with Gasteiger partial charge in [-0.15, -0.1) is 0 Å². The molecule has 0 radical (unpaired) electrons. The molecule has 10 heteroatoms. The number of benzene rings is 1. The number of hydrogen-bond acceptors (Lipinski definition) is 4. The van der Waals surface area contributed by atoms with Crippen molar-refractivity contribution >= 4 is 28.8 Å². The van der Waals surface area contributed by atoms with Gasteiger partial charge >= 0.3 is 0 Å². The number of primary amides is 1. The summed E-state index contributed by atoms with van der Waals surface area (Å²) in [6.45, 7) is 0. The third kappa shape index (κ3) is 3.44. The average molecular weight is 480 g/mol. The molecule has 5 aliphatic carbocycles. The number of rotatable bonds is 7. The molecule has 0 aliphatic heterocycles. The Morgan fingerprint density at radius 3 is 2.39 bits per heavy atom. The van der Waals surface area contributed by atoms with Crippen molar-refractivity contribution in [3.05, 3.63) is 24.0 Å². The number of ether oxygens (including phenoxy) is 1. The Balaban J connectivity index is 1.41. The van der Waals surface area contributed by atoms with Gasteiger partial charge in [0.05, 0.1) is 12.8 Å². The van der Waals surface area contributed by atoms with Crippen molar-refractivity contribution in [2.45, 2.75) is 62.9 Å². The summed E-state index contributed by atoms with van der Waals surface area (Å²) in [4.78, 5) is 25.9. The molecule has 8 nitrogen and oxygen atoms in total. The van der Waals surface area contributed by atoms with E-state index >= 15 is 0 Å². The maximum Gasteiger partial charge on any atom is 0.262 e. The summed E-state index contributed by atoms with van der Waals surface area (Å²) >= 11 is -2.53. The quantitative estimate of drug-likeness (QED) is 0.519. The molecule has 3 unspecified atom stereocenters. The molecule has 33 heavy (non-hydrogen) atoms. The number of methoxy groups -OCH3 is 1. The predicted molar refractivity (Wildman–Crippen MR) is 120 cm³/mol. The zero-order chi connectivity index (χ0) is 23.5. The van der Waals surface area contributed by atoms with E-state index < -0.39 is 28.0 Å². The highest BCUT2D eigenvalue weighted by Crippen LogP contribution is 2.60. The van der Waals surface area contributed by atoms with E-state index in [0.717, 1.165) is 36.1 Å². The molecule has 4 bridgehead atoms. The first-order chi connectivity index (χ1) is 15.7. The van der Waals surface area contributed by atoms with Gasteiger partial charge in [-0.05, 0) is 81.3 Å². The third-order valence-electron chi connectivity index (χ3n) is 8.61. The lowest BCUT2D eigenvalue weighted by Gasteiger charge is -2.59. The third-order valence-corrected chi connectivity index (χ3v) is 9.48. The minimum Gasteiger partial charge on any atom is -0.494 e. The highest BCUT2D eigenvalue weighted by atomic mass is 32.2. The Kier molecular flexibility index (Phi) is 5.43. The zero-order valence-corrected chi connectivity index (χ0v) is 19.4. The molecule has 0 heterocycles.